The molecule has 13 heteroatoms. The maximum absolute atomic E-state index is 13.1. The molecule has 0 spiro atoms. The van der Waals surface area contributed by atoms with Crippen molar-refractivity contribution in [1.82, 2.24) is 0 Å². The average molecular weight is 859 g/mol. The molecule has 0 amide bonds. The van der Waals surface area contributed by atoms with Crippen LogP contribution in [0.15, 0.2) is 85.0 Å². The molecule has 0 aliphatic heterocycles. The van der Waals surface area contributed by atoms with Crippen molar-refractivity contribution in [3.63, 3.8) is 0 Å². The third kappa shape index (κ3) is 16.1. The summed E-state index contributed by atoms with van der Waals surface area (Å²) in [5.41, 5.74) is 3.81. The molecule has 336 valence electrons. The highest BCUT2D eigenvalue weighted by Gasteiger charge is 2.38. The fourth-order valence-electron chi connectivity index (χ4n) is 6.70. The van der Waals surface area contributed by atoms with Crippen molar-refractivity contribution in [3.8, 4) is 16.9 Å². The maximum Gasteiger partial charge on any atom is 0.334 e. The molecule has 0 heterocycles. The van der Waals surface area contributed by atoms with E-state index in [1.54, 1.807) is 13.0 Å². The summed E-state index contributed by atoms with van der Waals surface area (Å²) in [7, 11) is 2.32. The van der Waals surface area contributed by atoms with Gasteiger partial charge in [-0.05, 0) is 91.8 Å². The van der Waals surface area contributed by atoms with Crippen LogP contribution in [-0.4, -0.2) is 83.1 Å². The van der Waals surface area contributed by atoms with Gasteiger partial charge in [0.25, 0.3) is 0 Å². The zero-order chi connectivity index (χ0) is 45.8. The lowest BCUT2D eigenvalue weighted by Gasteiger charge is -2.32. The molecule has 0 saturated heterocycles. The number of benzene rings is 2. The van der Waals surface area contributed by atoms with Gasteiger partial charge in [-0.15, -0.1) is 0 Å². The van der Waals surface area contributed by atoms with E-state index in [0.717, 1.165) is 43.8 Å². The standard InChI is InChI=1S/C49H62O13/c1-10-11-12-13-15-36-24-37-17-18-38(27-41(37)25-36)39-19-20-42(40(26-39)16-14-21-58-45(52)32(2)3)59-28-49(29-60-46(53)33(4)5,30-61-47(54)34(6)22-43(50)56-8)31-62-48(55)35(7)23-44(51)57-9/h17-20,26-27,36H,2,4,6-7,10-16,21-25,28-31H2,1,3,5,8-9H3. The predicted octanol–water partition coefficient (Wildman–Crippen LogP) is 7.90. The van der Waals surface area contributed by atoms with Gasteiger partial charge in [0.15, 0.2) is 0 Å². The molecular formula is C49H62O13. The van der Waals surface area contributed by atoms with E-state index in [1.165, 1.54) is 50.2 Å². The van der Waals surface area contributed by atoms with Crippen molar-refractivity contribution < 1.29 is 61.9 Å². The van der Waals surface area contributed by atoms with E-state index >= 15 is 0 Å². The van der Waals surface area contributed by atoms with Crippen LogP contribution in [0.3, 0.4) is 0 Å². The Kier molecular flexibility index (Phi) is 20.4. The van der Waals surface area contributed by atoms with Gasteiger partial charge in [0.05, 0.1) is 33.7 Å². The number of aryl methyl sites for hydroxylation is 1. The minimum absolute atomic E-state index is 0.0750. The SMILES string of the molecule is C=C(C)C(=O)OCCCc1cc(-c2ccc3c(c2)CC(CCCCCC)C3)ccc1OCC(COC(=O)C(=C)C)(COC(=O)C(=C)CC(=O)OC)COC(=O)C(=C)CC(=O)OC. The average Bonchev–Trinajstić information content (AvgIpc) is 3.67. The Morgan fingerprint density at radius 1 is 0.629 bits per heavy atom. The van der Waals surface area contributed by atoms with Crippen LogP contribution in [0.1, 0.15) is 88.8 Å². The van der Waals surface area contributed by atoms with Crippen LogP contribution in [0.25, 0.3) is 11.1 Å². The van der Waals surface area contributed by atoms with Gasteiger partial charge in [-0.1, -0.05) is 83.2 Å². The molecule has 0 bridgehead atoms. The minimum Gasteiger partial charge on any atom is -0.492 e. The Balaban J connectivity index is 2.00. The minimum atomic E-state index is -1.58. The summed E-state index contributed by atoms with van der Waals surface area (Å²) < 4.78 is 37.9. The van der Waals surface area contributed by atoms with E-state index in [4.69, 9.17) is 23.7 Å². The highest BCUT2D eigenvalue weighted by atomic mass is 16.6. The van der Waals surface area contributed by atoms with Crippen LogP contribution in [0.2, 0.25) is 0 Å². The topological polar surface area (TPSA) is 167 Å². The largest absolute Gasteiger partial charge is 0.492 e. The molecule has 1 aliphatic carbocycles. The number of fused-ring (bicyclic) bond motifs is 1. The quantitative estimate of drug-likeness (QED) is 0.0369. The lowest BCUT2D eigenvalue weighted by atomic mass is 9.91. The first-order chi connectivity index (χ1) is 29.5. The van der Waals surface area contributed by atoms with Crippen LogP contribution >= 0.6 is 0 Å². The highest BCUT2D eigenvalue weighted by molar-refractivity contribution is 5.94. The van der Waals surface area contributed by atoms with E-state index in [2.05, 4.69) is 60.9 Å². The molecule has 0 radical (unpaired) electrons. The van der Waals surface area contributed by atoms with Gasteiger partial charge >= 0.3 is 35.8 Å². The van der Waals surface area contributed by atoms with Gasteiger partial charge in [-0.25, -0.2) is 19.2 Å². The third-order valence-electron chi connectivity index (χ3n) is 10.4. The van der Waals surface area contributed by atoms with Crippen LogP contribution in [0.5, 0.6) is 5.75 Å². The molecule has 0 aromatic heterocycles. The number of unbranched alkanes of at least 4 members (excludes halogenated alkanes) is 3. The molecule has 1 atom stereocenters. The first kappa shape index (κ1) is 50.4. The summed E-state index contributed by atoms with van der Waals surface area (Å²) in [6.45, 7) is 17.9. The van der Waals surface area contributed by atoms with Crippen LogP contribution in [-0.2, 0) is 76.5 Å². The van der Waals surface area contributed by atoms with Crippen molar-refractivity contribution in [1.29, 1.82) is 0 Å². The molecule has 1 aliphatic rings. The smallest absolute Gasteiger partial charge is 0.334 e. The summed E-state index contributed by atoms with van der Waals surface area (Å²) in [6, 6.07) is 12.3. The van der Waals surface area contributed by atoms with Crippen LogP contribution < -0.4 is 4.74 Å². The highest BCUT2D eigenvalue weighted by Crippen LogP contribution is 2.36. The van der Waals surface area contributed by atoms with Crippen molar-refractivity contribution in [2.24, 2.45) is 11.3 Å². The number of rotatable bonds is 27. The number of carbonyl (C=O) groups excluding carboxylic acids is 6. The van der Waals surface area contributed by atoms with Crippen molar-refractivity contribution in [2.75, 3.05) is 47.3 Å². The second-order valence-electron chi connectivity index (χ2n) is 16.0. The first-order valence-corrected chi connectivity index (χ1v) is 20.9. The summed E-state index contributed by atoms with van der Waals surface area (Å²) in [6.07, 6.45) is 8.25. The lowest BCUT2D eigenvalue weighted by molar-refractivity contribution is -0.161. The van der Waals surface area contributed by atoms with Crippen molar-refractivity contribution >= 4 is 35.8 Å². The van der Waals surface area contributed by atoms with Crippen LogP contribution in [0.4, 0.5) is 0 Å². The van der Waals surface area contributed by atoms with E-state index in [1.807, 2.05) is 12.1 Å². The van der Waals surface area contributed by atoms with E-state index < -0.39 is 73.9 Å². The Morgan fingerprint density at radius 2 is 1.16 bits per heavy atom. The monoisotopic (exact) mass is 858 g/mol. The van der Waals surface area contributed by atoms with E-state index in [-0.39, 0.29) is 35.5 Å². The molecule has 1 unspecified atom stereocenters. The zero-order valence-corrected chi connectivity index (χ0v) is 37.0. The fraction of sp³-hybridized carbons (Fsp3) is 0.469. The number of methoxy groups -OCH3 is 2. The Labute approximate surface area is 365 Å². The summed E-state index contributed by atoms with van der Waals surface area (Å²) in [5.74, 6) is -3.59. The molecule has 62 heavy (non-hydrogen) atoms. The number of hydrogen-bond acceptors (Lipinski definition) is 13. The number of carbonyl (C=O) groups is 6. The second-order valence-corrected chi connectivity index (χ2v) is 16.0. The van der Waals surface area contributed by atoms with E-state index in [0.29, 0.717) is 24.5 Å². The zero-order valence-electron chi connectivity index (χ0n) is 37.0. The Morgan fingerprint density at radius 3 is 1.73 bits per heavy atom. The molecule has 3 rings (SSSR count). The summed E-state index contributed by atoms with van der Waals surface area (Å²) in [4.78, 5) is 74.8. The fourth-order valence-corrected chi connectivity index (χ4v) is 6.70. The molecule has 0 fully saturated rings. The molecule has 13 nitrogen and oxygen atoms in total. The van der Waals surface area contributed by atoms with Gasteiger partial charge < -0.3 is 33.2 Å². The third-order valence-corrected chi connectivity index (χ3v) is 10.4. The molecule has 2 aromatic carbocycles. The number of ether oxygens (including phenoxy) is 7. The van der Waals surface area contributed by atoms with Crippen molar-refractivity contribution in [2.45, 2.75) is 91.4 Å². The molecule has 2 aromatic rings. The molecule has 0 N–H and O–H groups in total. The first-order valence-electron chi connectivity index (χ1n) is 20.9. The van der Waals surface area contributed by atoms with Crippen LogP contribution in [0, 0.1) is 11.3 Å². The Bertz CT molecular complexity index is 1940. The van der Waals surface area contributed by atoms with Gasteiger partial charge in [-0.2, -0.15) is 0 Å². The maximum atomic E-state index is 13.1. The summed E-state index contributed by atoms with van der Waals surface area (Å²) in [5, 5.41) is 0. The second kappa shape index (κ2) is 25.1. The van der Waals surface area contributed by atoms with Gasteiger partial charge in [-0.3, -0.25) is 9.59 Å². The molecular weight excluding hydrogens is 797 g/mol. The summed E-state index contributed by atoms with van der Waals surface area (Å²) >= 11 is 0. The van der Waals surface area contributed by atoms with Gasteiger partial charge in [0.1, 0.15) is 37.6 Å². The lowest BCUT2D eigenvalue weighted by Crippen LogP contribution is -2.44. The predicted molar refractivity (Wildman–Crippen MR) is 233 cm³/mol. The Hall–Kier alpha value is -5.98. The van der Waals surface area contributed by atoms with Gasteiger partial charge in [0.2, 0.25) is 0 Å². The van der Waals surface area contributed by atoms with E-state index in [9.17, 15) is 28.8 Å². The number of esters is 6. The van der Waals surface area contributed by atoms with Gasteiger partial charge in [0, 0.05) is 22.3 Å². The van der Waals surface area contributed by atoms with Crippen molar-refractivity contribution in [3.05, 3.63) is 102 Å². The number of hydrogen-bond donors (Lipinski definition) is 0. The normalized spacial score (nSPS) is 12.9. The molecule has 0 saturated carbocycles.